The van der Waals surface area contributed by atoms with Crippen molar-refractivity contribution in [2.45, 2.75) is 6.92 Å². The Morgan fingerprint density at radius 3 is 2.72 bits per heavy atom. The zero-order valence-electron chi connectivity index (χ0n) is 10.3. The fourth-order valence-corrected chi connectivity index (χ4v) is 5.01. The molecule has 1 heterocycles. The summed E-state index contributed by atoms with van der Waals surface area (Å²) in [6.45, 7) is 2.80. The quantitative estimate of drug-likeness (QED) is 0.703. The monoisotopic (exact) mass is 477 g/mol. The van der Waals surface area contributed by atoms with Crippen molar-refractivity contribution in [3.63, 3.8) is 0 Å². The Kier molecular flexibility index (Phi) is 4.49. The number of nitrogens with one attached hydrogen (secondary N) is 2. The van der Waals surface area contributed by atoms with Crippen LogP contribution in [0.2, 0.25) is 0 Å². The molecule has 0 bridgehead atoms. The minimum absolute atomic E-state index is 0.604. The van der Waals surface area contributed by atoms with Crippen molar-refractivity contribution in [2.75, 3.05) is 16.6 Å². The fourth-order valence-electron chi connectivity index (χ4n) is 1.72. The predicted octanol–water partition coefficient (Wildman–Crippen LogP) is 1.60. The van der Waals surface area contributed by atoms with Crippen molar-refractivity contribution in [2.24, 2.45) is 0 Å². The summed E-state index contributed by atoms with van der Waals surface area (Å²) >= 11 is -0.629. The molecule has 1 aromatic carbocycles. The van der Waals surface area contributed by atoms with Gasteiger partial charge in [0.2, 0.25) is 0 Å². The average molecular weight is 477 g/mol. The molecule has 0 aliphatic rings. The number of hydrogen-bond donors (Lipinski definition) is 2. The summed E-state index contributed by atoms with van der Waals surface area (Å²) in [6, 6.07) is 9.16. The van der Waals surface area contributed by atoms with Crippen LogP contribution in [0.4, 0.5) is 11.5 Å². The molecule has 0 amide bonds. The molecule has 0 atom stereocenters. The van der Waals surface area contributed by atoms with Gasteiger partial charge in [-0.05, 0) is 0 Å². The van der Waals surface area contributed by atoms with E-state index in [0.717, 1.165) is 23.3 Å². The molecule has 2 N–H and O–H groups in total. The van der Waals surface area contributed by atoms with Crippen molar-refractivity contribution >= 4 is 25.5 Å². The van der Waals surface area contributed by atoms with Gasteiger partial charge in [0.05, 0.1) is 0 Å². The molecule has 0 fully saturated rings. The number of aromatic nitrogens is 1. The molecule has 0 saturated carbocycles. The molecule has 92 valence electrons. The zero-order valence-corrected chi connectivity index (χ0v) is 19.3. The molecule has 1 aromatic heterocycles. The summed E-state index contributed by atoms with van der Waals surface area (Å²) in [5, 5.41) is 3.95. The third-order valence-electron chi connectivity index (χ3n) is 2.39. The number of hydrogen-bond acceptors (Lipinski definition) is 4. The first kappa shape index (κ1) is 14.1. The Labute approximate surface area is 132 Å². The molecule has 2 rings (SSSR count). The average Bonchev–Trinajstić information content (AvgIpc) is 2.27. The molecule has 0 aliphatic heterocycles. The topological polar surface area (TPSA) is 71.1 Å². The molecule has 18 heavy (non-hydrogen) atoms. The number of benzene rings is 1. The van der Waals surface area contributed by atoms with Gasteiger partial charge in [-0.2, -0.15) is 0 Å². The molecule has 0 radical (unpaired) electrons. The number of nitrogens with zero attached hydrogens (tertiary/aromatic N) is 1. The van der Waals surface area contributed by atoms with E-state index in [9.17, 15) is 8.42 Å². The first-order valence-electron chi connectivity index (χ1n) is 5.61. The van der Waals surface area contributed by atoms with E-state index >= 15 is 0 Å². The third-order valence-corrected chi connectivity index (χ3v) is 5.49. The van der Waals surface area contributed by atoms with Crippen molar-refractivity contribution in [3.05, 3.63) is 30.3 Å². The molecular weight excluding hydrogens is 464 g/mol. The zero-order chi connectivity index (χ0) is 13.2. The molecule has 0 unspecified atom stereocenters. The van der Waals surface area contributed by atoms with Gasteiger partial charge in [0.15, 0.2) is 0 Å². The van der Waals surface area contributed by atoms with Crippen LogP contribution in [0.3, 0.4) is 0 Å². The van der Waals surface area contributed by atoms with Crippen LogP contribution in [0.15, 0.2) is 30.3 Å². The van der Waals surface area contributed by atoms with Crippen molar-refractivity contribution in [3.8, 4) is 0 Å². The molecule has 0 aliphatic carbocycles. The van der Waals surface area contributed by atoms with Crippen LogP contribution in [-0.4, -0.2) is 19.9 Å². The number of rotatable bonds is 4. The van der Waals surface area contributed by atoms with Crippen molar-refractivity contribution in [1.82, 2.24) is 4.98 Å². The van der Waals surface area contributed by atoms with Gasteiger partial charge in [0.25, 0.3) is 0 Å². The van der Waals surface area contributed by atoms with Crippen molar-refractivity contribution < 1.29 is 49.2 Å². The second-order valence-electron chi connectivity index (χ2n) is 3.97. The standard InChI is InChI=1S/C11H12N3O2S.Ra.H/c1-2-12-11-7-6-8-9(13-11)4-3-5-10(8)14-17(15)16;;/h3-7H,2H2,1H3,(H,12,13)(H,14,15,16);;. The third kappa shape index (κ3) is 3.57. The first-order valence-corrected chi connectivity index (χ1v) is 17.6. The van der Waals surface area contributed by atoms with E-state index in [1.165, 1.54) is 0 Å². The number of anilines is 2. The maximum atomic E-state index is 11.4. The molecule has 0 spiro atoms. The summed E-state index contributed by atoms with van der Waals surface area (Å²) in [5.74, 6) is 0.794. The van der Waals surface area contributed by atoms with Gasteiger partial charge < -0.3 is 0 Å². The van der Waals surface area contributed by atoms with Crippen LogP contribution >= 0.6 is 0 Å². The van der Waals surface area contributed by atoms with Gasteiger partial charge in [0.1, 0.15) is 0 Å². The molecular formula is C11H13N3O2RaS. The van der Waals surface area contributed by atoms with E-state index < -0.39 is 43.9 Å². The van der Waals surface area contributed by atoms with E-state index in [-0.39, 0.29) is 0 Å². The normalized spacial score (nSPS) is 11.3. The molecule has 0 saturated heterocycles. The predicted molar refractivity (Wildman–Crippen MR) is 69.8 cm³/mol. The first-order chi connectivity index (χ1) is 8.49. The van der Waals surface area contributed by atoms with E-state index in [2.05, 4.69) is 15.0 Å². The van der Waals surface area contributed by atoms with Gasteiger partial charge in [-0.25, -0.2) is 0 Å². The van der Waals surface area contributed by atoms with Gasteiger partial charge in [-0.1, -0.05) is 0 Å². The van der Waals surface area contributed by atoms with Crippen LogP contribution in [0.1, 0.15) is 6.92 Å². The van der Waals surface area contributed by atoms with Crippen LogP contribution < -0.4 is 10.0 Å². The Balaban J connectivity index is 2.50. The minimum atomic E-state index is -3.05. The Bertz CT molecular complexity index is 673. The van der Waals surface area contributed by atoms with Crippen molar-refractivity contribution in [1.29, 1.82) is 0 Å². The fraction of sp³-hybridized carbons (Fsp3) is 0.182. The summed E-state index contributed by atoms with van der Waals surface area (Å²) < 4.78 is 22.3. The summed E-state index contributed by atoms with van der Waals surface area (Å²) in [5.41, 5.74) is 1.38. The van der Waals surface area contributed by atoms with Crippen LogP contribution in [0.25, 0.3) is 10.9 Å². The van der Waals surface area contributed by atoms with E-state index in [1.807, 2.05) is 25.1 Å². The van der Waals surface area contributed by atoms with Gasteiger partial charge in [0, 0.05) is 0 Å². The van der Waals surface area contributed by atoms with E-state index in [4.69, 9.17) is 0 Å². The summed E-state index contributed by atoms with van der Waals surface area (Å²) in [6.07, 6.45) is 0. The molecule has 2 aromatic rings. The van der Waals surface area contributed by atoms with Gasteiger partial charge in [-0.15, -0.1) is 0 Å². The Hall–Kier alpha value is -0.352. The summed E-state index contributed by atoms with van der Waals surface area (Å²) in [7, 11) is 0. The van der Waals surface area contributed by atoms with Gasteiger partial charge in [-0.3, -0.25) is 0 Å². The summed E-state index contributed by atoms with van der Waals surface area (Å²) in [4.78, 5) is 4.43. The Morgan fingerprint density at radius 2 is 2.06 bits per heavy atom. The molecule has 5 nitrogen and oxygen atoms in total. The second-order valence-corrected chi connectivity index (χ2v) is 19.0. The van der Waals surface area contributed by atoms with Gasteiger partial charge >= 0.3 is 134 Å². The second kappa shape index (κ2) is 5.74. The Morgan fingerprint density at radius 1 is 1.28 bits per heavy atom. The van der Waals surface area contributed by atoms with Crippen LogP contribution in [0.5, 0.6) is 0 Å². The maximum absolute atomic E-state index is 11.4. The van der Waals surface area contributed by atoms with Crippen LogP contribution in [0, 0.1) is 40.7 Å². The molecule has 7 heteroatoms. The SMILES string of the molecule is CCNc1ccc2c(N[S](=O)(=O)[RaH])cccc2n1. The van der Waals surface area contributed by atoms with E-state index in [0.29, 0.717) is 5.69 Å². The number of fused-ring (bicyclic) bond motifs is 1. The van der Waals surface area contributed by atoms with Crippen LogP contribution in [-0.2, 0) is 3.11 Å². The number of pyridine rings is 1. The van der Waals surface area contributed by atoms with E-state index in [1.54, 1.807) is 12.1 Å².